The van der Waals surface area contributed by atoms with Gasteiger partial charge in [0, 0.05) is 12.3 Å². The molecule has 6 heteroatoms. The normalized spacial score (nSPS) is 24.9. The highest BCUT2D eigenvalue weighted by atomic mass is 16.7. The number of nitrogens with one attached hydrogen (secondary N) is 1. The van der Waals surface area contributed by atoms with Crippen molar-refractivity contribution in [1.82, 2.24) is 5.32 Å². The van der Waals surface area contributed by atoms with Gasteiger partial charge in [-0.05, 0) is 31.5 Å². The molecule has 1 atom stereocenters. The van der Waals surface area contributed by atoms with Crippen molar-refractivity contribution >= 4 is 11.9 Å². The van der Waals surface area contributed by atoms with Crippen LogP contribution in [0.1, 0.15) is 31.7 Å². The zero-order valence-corrected chi connectivity index (χ0v) is 12.3. The second kappa shape index (κ2) is 4.25. The molecule has 1 amide bonds. The maximum absolute atomic E-state index is 12.3. The van der Waals surface area contributed by atoms with E-state index in [1.807, 2.05) is 12.1 Å². The first kappa shape index (κ1) is 13.2. The number of carbonyl (C=O) groups is 2. The van der Waals surface area contributed by atoms with Crippen LogP contribution in [0, 0.1) is 0 Å². The van der Waals surface area contributed by atoms with E-state index in [2.05, 4.69) is 5.32 Å². The van der Waals surface area contributed by atoms with Crippen LogP contribution in [0.4, 0.5) is 0 Å². The molecule has 114 valence electrons. The van der Waals surface area contributed by atoms with Gasteiger partial charge in [0.15, 0.2) is 11.5 Å². The van der Waals surface area contributed by atoms with Crippen LogP contribution < -0.4 is 14.8 Å². The molecule has 0 bridgehead atoms. The average Bonchev–Trinajstić information content (AvgIpc) is 3.00. The zero-order valence-electron chi connectivity index (χ0n) is 12.3. The van der Waals surface area contributed by atoms with Crippen molar-refractivity contribution in [2.75, 3.05) is 6.79 Å². The predicted molar refractivity (Wildman–Crippen MR) is 75.3 cm³/mol. The molecule has 6 nitrogen and oxygen atoms in total. The van der Waals surface area contributed by atoms with Crippen molar-refractivity contribution in [3.8, 4) is 11.5 Å². The van der Waals surface area contributed by atoms with Crippen molar-refractivity contribution in [3.05, 3.63) is 35.0 Å². The molecule has 0 unspecified atom stereocenters. The number of benzene rings is 1. The number of amides is 1. The quantitative estimate of drug-likeness (QED) is 0.798. The van der Waals surface area contributed by atoms with Gasteiger partial charge in [0.2, 0.25) is 12.7 Å². The molecule has 1 N–H and O–H groups in total. The fourth-order valence-corrected chi connectivity index (χ4v) is 3.19. The van der Waals surface area contributed by atoms with Gasteiger partial charge in [-0.25, -0.2) is 4.79 Å². The standard InChI is InChI=1S/C16H15NO5/c1-16(2)14-13(15(19)22-16)9(6-12(18)17-14)8-3-4-10-11(5-8)21-7-20-10/h3-5,9H,6-7H2,1-2H3,(H,17,18)/t9-/m1/s1. The minimum absolute atomic E-state index is 0.118. The van der Waals surface area contributed by atoms with Crippen LogP contribution in [-0.2, 0) is 14.3 Å². The molecule has 0 radical (unpaired) electrons. The van der Waals surface area contributed by atoms with Crippen LogP contribution in [0.2, 0.25) is 0 Å². The third-order valence-electron chi connectivity index (χ3n) is 4.24. The second-order valence-electron chi connectivity index (χ2n) is 6.11. The molecule has 0 saturated carbocycles. The summed E-state index contributed by atoms with van der Waals surface area (Å²) in [6.45, 7) is 3.73. The van der Waals surface area contributed by atoms with Crippen molar-refractivity contribution in [3.63, 3.8) is 0 Å². The van der Waals surface area contributed by atoms with Gasteiger partial charge in [-0.15, -0.1) is 0 Å². The van der Waals surface area contributed by atoms with Crippen molar-refractivity contribution in [2.45, 2.75) is 31.8 Å². The molecule has 1 aromatic rings. The number of hydrogen-bond donors (Lipinski definition) is 1. The minimum atomic E-state index is -0.808. The molecule has 0 saturated heterocycles. The third kappa shape index (κ3) is 1.80. The molecule has 22 heavy (non-hydrogen) atoms. The molecule has 0 spiro atoms. The monoisotopic (exact) mass is 301 g/mol. The molecule has 1 aromatic carbocycles. The Kier molecular flexibility index (Phi) is 2.55. The van der Waals surface area contributed by atoms with E-state index in [-0.39, 0.29) is 31.0 Å². The summed E-state index contributed by atoms with van der Waals surface area (Å²) in [7, 11) is 0. The van der Waals surface area contributed by atoms with Gasteiger partial charge < -0.3 is 19.5 Å². The lowest BCUT2D eigenvalue weighted by Crippen LogP contribution is -2.38. The van der Waals surface area contributed by atoms with Crippen LogP contribution in [0.15, 0.2) is 29.5 Å². The van der Waals surface area contributed by atoms with Gasteiger partial charge in [0.25, 0.3) is 0 Å². The first-order valence-corrected chi connectivity index (χ1v) is 7.13. The highest BCUT2D eigenvalue weighted by Gasteiger charge is 2.47. The van der Waals surface area contributed by atoms with E-state index in [1.165, 1.54) is 0 Å². The van der Waals surface area contributed by atoms with Crippen LogP contribution in [0.25, 0.3) is 0 Å². The SMILES string of the molecule is CC1(C)OC(=O)C2=C1NC(=O)C[C@@H]2c1ccc2c(c1)OCO2. The van der Waals surface area contributed by atoms with Gasteiger partial charge in [-0.3, -0.25) is 4.79 Å². The summed E-state index contributed by atoms with van der Waals surface area (Å²) in [6.07, 6.45) is 0.212. The summed E-state index contributed by atoms with van der Waals surface area (Å²) in [5.74, 6) is 0.492. The summed E-state index contributed by atoms with van der Waals surface area (Å²) in [5, 5.41) is 2.79. The maximum atomic E-state index is 12.3. The molecular weight excluding hydrogens is 286 g/mol. The lowest BCUT2D eigenvalue weighted by atomic mass is 9.83. The summed E-state index contributed by atoms with van der Waals surface area (Å²) in [5.41, 5.74) is 1.14. The molecule has 4 rings (SSSR count). The predicted octanol–water partition coefficient (Wildman–Crippen LogP) is 1.61. The molecule has 0 aliphatic carbocycles. The van der Waals surface area contributed by atoms with E-state index in [0.717, 1.165) is 5.56 Å². The lowest BCUT2D eigenvalue weighted by Gasteiger charge is -2.27. The first-order chi connectivity index (χ1) is 10.5. The fourth-order valence-electron chi connectivity index (χ4n) is 3.19. The van der Waals surface area contributed by atoms with Crippen LogP contribution in [0.5, 0.6) is 11.5 Å². The molecule has 3 aliphatic rings. The number of fused-ring (bicyclic) bond motifs is 1. The van der Waals surface area contributed by atoms with E-state index in [0.29, 0.717) is 22.8 Å². The Morgan fingerprint density at radius 2 is 1.95 bits per heavy atom. The van der Waals surface area contributed by atoms with E-state index in [4.69, 9.17) is 14.2 Å². The Balaban J connectivity index is 1.82. The summed E-state index contributed by atoms with van der Waals surface area (Å²) in [4.78, 5) is 24.3. The highest BCUT2D eigenvalue weighted by Crippen LogP contribution is 2.44. The van der Waals surface area contributed by atoms with E-state index in [9.17, 15) is 9.59 Å². The molecule has 3 heterocycles. The summed E-state index contributed by atoms with van der Waals surface area (Å²) >= 11 is 0. The van der Waals surface area contributed by atoms with Gasteiger partial charge in [-0.1, -0.05) is 6.07 Å². The van der Waals surface area contributed by atoms with E-state index in [1.54, 1.807) is 19.9 Å². The van der Waals surface area contributed by atoms with Crippen molar-refractivity contribution in [2.24, 2.45) is 0 Å². The van der Waals surface area contributed by atoms with Gasteiger partial charge in [-0.2, -0.15) is 0 Å². The molecule has 0 fully saturated rings. The second-order valence-corrected chi connectivity index (χ2v) is 6.11. The highest BCUT2D eigenvalue weighted by molar-refractivity contribution is 5.99. The number of ether oxygens (including phenoxy) is 3. The zero-order chi connectivity index (χ0) is 15.5. The van der Waals surface area contributed by atoms with Gasteiger partial charge in [0.1, 0.15) is 5.60 Å². The third-order valence-corrected chi connectivity index (χ3v) is 4.24. The Bertz CT molecular complexity index is 734. The smallest absolute Gasteiger partial charge is 0.337 e. The van der Waals surface area contributed by atoms with Gasteiger partial charge in [0.05, 0.1) is 11.3 Å². The number of esters is 1. The molecular formula is C16H15NO5. The summed E-state index contributed by atoms with van der Waals surface area (Å²) in [6, 6.07) is 5.49. The number of cyclic esters (lactones) is 1. The van der Waals surface area contributed by atoms with E-state index < -0.39 is 5.60 Å². The average molecular weight is 301 g/mol. The molecule has 0 aromatic heterocycles. The Morgan fingerprint density at radius 3 is 2.77 bits per heavy atom. The van der Waals surface area contributed by atoms with E-state index >= 15 is 0 Å². The van der Waals surface area contributed by atoms with Crippen molar-refractivity contribution in [1.29, 1.82) is 0 Å². The Labute approximate surface area is 127 Å². The Hall–Kier alpha value is -2.50. The number of rotatable bonds is 1. The van der Waals surface area contributed by atoms with Gasteiger partial charge >= 0.3 is 5.97 Å². The number of hydrogen-bond acceptors (Lipinski definition) is 5. The fraction of sp³-hybridized carbons (Fsp3) is 0.375. The molecule has 3 aliphatic heterocycles. The van der Waals surface area contributed by atoms with Crippen LogP contribution >= 0.6 is 0 Å². The summed E-state index contributed by atoms with van der Waals surface area (Å²) < 4.78 is 16.1. The maximum Gasteiger partial charge on any atom is 0.337 e. The Morgan fingerprint density at radius 1 is 1.18 bits per heavy atom. The lowest BCUT2D eigenvalue weighted by molar-refractivity contribution is -0.144. The largest absolute Gasteiger partial charge is 0.454 e. The van der Waals surface area contributed by atoms with Crippen molar-refractivity contribution < 1.29 is 23.8 Å². The van der Waals surface area contributed by atoms with Crippen LogP contribution in [-0.4, -0.2) is 24.3 Å². The first-order valence-electron chi connectivity index (χ1n) is 7.13. The number of carbonyl (C=O) groups excluding carboxylic acids is 2. The van der Waals surface area contributed by atoms with Crippen LogP contribution in [0.3, 0.4) is 0 Å². The minimum Gasteiger partial charge on any atom is -0.454 e. The topological polar surface area (TPSA) is 73.9 Å².